The minimum Gasteiger partial charge on any atom is -0.493 e. The molecule has 0 bridgehead atoms. The van der Waals surface area contributed by atoms with Crippen LogP contribution in [0.1, 0.15) is 25.8 Å². The van der Waals surface area contributed by atoms with Gasteiger partial charge in [-0.1, -0.05) is 26.0 Å². The summed E-state index contributed by atoms with van der Waals surface area (Å²) in [6, 6.07) is 7.74. The first-order valence-electron chi connectivity index (χ1n) is 6.70. The number of hydrogen-bond donors (Lipinski definition) is 1. The average molecular weight is 285 g/mol. The monoisotopic (exact) mass is 285 g/mol. The van der Waals surface area contributed by atoms with E-state index in [4.69, 9.17) is 4.74 Å². The highest BCUT2D eigenvalue weighted by Gasteiger charge is 2.07. The van der Waals surface area contributed by atoms with Gasteiger partial charge in [0.2, 0.25) is 0 Å². The van der Waals surface area contributed by atoms with Crippen LogP contribution in [0.2, 0.25) is 0 Å². The molecule has 0 heterocycles. The number of sulfone groups is 1. The van der Waals surface area contributed by atoms with Crippen LogP contribution in [-0.2, 0) is 16.4 Å². The van der Waals surface area contributed by atoms with Crippen molar-refractivity contribution in [3.05, 3.63) is 29.8 Å². The summed E-state index contributed by atoms with van der Waals surface area (Å²) in [5.74, 6) is 0.951. The third-order valence-corrected chi connectivity index (χ3v) is 4.45. The largest absolute Gasteiger partial charge is 0.493 e. The Hall–Kier alpha value is -1.07. The Bertz CT molecular complexity index is 454. The van der Waals surface area contributed by atoms with Crippen molar-refractivity contribution >= 4 is 9.84 Å². The topological polar surface area (TPSA) is 55.4 Å². The first kappa shape index (κ1) is 16.0. The highest BCUT2D eigenvalue weighted by Crippen LogP contribution is 2.12. The Morgan fingerprint density at radius 2 is 1.84 bits per heavy atom. The first-order valence-corrected chi connectivity index (χ1v) is 8.52. The van der Waals surface area contributed by atoms with Gasteiger partial charge in [0.15, 0.2) is 9.84 Å². The summed E-state index contributed by atoms with van der Waals surface area (Å²) in [5.41, 5.74) is 1.20. The molecule has 0 aliphatic carbocycles. The SMILES string of the molecule is CCCNCc1ccc(OCCS(=O)(=O)CC)cc1. The highest BCUT2D eigenvalue weighted by molar-refractivity contribution is 7.91. The Balaban J connectivity index is 2.36. The minimum atomic E-state index is -2.95. The smallest absolute Gasteiger partial charge is 0.153 e. The van der Waals surface area contributed by atoms with Crippen molar-refractivity contribution < 1.29 is 13.2 Å². The van der Waals surface area contributed by atoms with Gasteiger partial charge in [-0.15, -0.1) is 0 Å². The van der Waals surface area contributed by atoms with Gasteiger partial charge in [0, 0.05) is 12.3 Å². The van der Waals surface area contributed by atoms with E-state index < -0.39 is 9.84 Å². The third-order valence-electron chi connectivity index (χ3n) is 2.78. The van der Waals surface area contributed by atoms with Crippen LogP contribution in [0.5, 0.6) is 5.75 Å². The summed E-state index contributed by atoms with van der Waals surface area (Å²) >= 11 is 0. The van der Waals surface area contributed by atoms with Gasteiger partial charge in [-0.25, -0.2) is 8.42 Å². The van der Waals surface area contributed by atoms with Crippen molar-refractivity contribution in [1.82, 2.24) is 5.32 Å². The molecule has 1 rings (SSSR count). The lowest BCUT2D eigenvalue weighted by Crippen LogP contribution is -2.15. The fourth-order valence-corrected chi connectivity index (χ4v) is 2.17. The predicted octanol–water partition coefficient (Wildman–Crippen LogP) is 2.00. The van der Waals surface area contributed by atoms with Crippen LogP contribution >= 0.6 is 0 Å². The number of benzene rings is 1. The maximum Gasteiger partial charge on any atom is 0.153 e. The van der Waals surface area contributed by atoms with Gasteiger partial charge in [0.05, 0.1) is 5.75 Å². The summed E-state index contributed by atoms with van der Waals surface area (Å²) in [6.45, 7) is 5.84. The van der Waals surface area contributed by atoms with Crippen LogP contribution in [-0.4, -0.2) is 33.1 Å². The van der Waals surface area contributed by atoms with E-state index in [0.29, 0.717) is 5.75 Å². The van der Waals surface area contributed by atoms with E-state index in [9.17, 15) is 8.42 Å². The van der Waals surface area contributed by atoms with Crippen LogP contribution in [0.3, 0.4) is 0 Å². The molecule has 1 aromatic rings. The second-order valence-electron chi connectivity index (χ2n) is 4.41. The van der Waals surface area contributed by atoms with Crippen molar-refractivity contribution in [2.75, 3.05) is 24.7 Å². The van der Waals surface area contributed by atoms with E-state index in [2.05, 4.69) is 12.2 Å². The summed E-state index contributed by atoms with van der Waals surface area (Å²) in [4.78, 5) is 0. The van der Waals surface area contributed by atoms with E-state index in [0.717, 1.165) is 19.5 Å². The lowest BCUT2D eigenvalue weighted by Gasteiger charge is -2.08. The normalized spacial score (nSPS) is 11.5. The van der Waals surface area contributed by atoms with Crippen LogP contribution in [0.15, 0.2) is 24.3 Å². The summed E-state index contributed by atoms with van der Waals surface area (Å²) in [7, 11) is -2.95. The first-order chi connectivity index (χ1) is 9.07. The van der Waals surface area contributed by atoms with Gasteiger partial charge in [-0.3, -0.25) is 0 Å². The maximum absolute atomic E-state index is 11.3. The summed E-state index contributed by atoms with van der Waals surface area (Å²) < 4.78 is 28.0. The van der Waals surface area contributed by atoms with Crippen LogP contribution in [0, 0.1) is 0 Å². The van der Waals surface area contributed by atoms with Gasteiger partial charge in [-0.2, -0.15) is 0 Å². The molecular formula is C14H23NO3S. The zero-order valence-electron chi connectivity index (χ0n) is 11.7. The molecular weight excluding hydrogens is 262 g/mol. The Kier molecular flexibility index (Phi) is 6.87. The minimum absolute atomic E-state index is 0.0727. The number of hydrogen-bond acceptors (Lipinski definition) is 4. The number of ether oxygens (including phenoxy) is 1. The van der Waals surface area contributed by atoms with Gasteiger partial charge in [0.25, 0.3) is 0 Å². The zero-order valence-corrected chi connectivity index (χ0v) is 12.5. The summed E-state index contributed by atoms with van der Waals surface area (Å²) in [5, 5.41) is 3.32. The molecule has 0 aromatic heterocycles. The molecule has 19 heavy (non-hydrogen) atoms. The predicted molar refractivity (Wildman–Crippen MR) is 78.3 cm³/mol. The molecule has 0 amide bonds. The van der Waals surface area contributed by atoms with Crippen molar-refractivity contribution in [3.8, 4) is 5.75 Å². The van der Waals surface area contributed by atoms with E-state index in [1.54, 1.807) is 6.92 Å². The van der Waals surface area contributed by atoms with Crippen LogP contribution < -0.4 is 10.1 Å². The fourth-order valence-electron chi connectivity index (χ4n) is 1.54. The Labute approximate surface area is 116 Å². The molecule has 4 nitrogen and oxygen atoms in total. The molecule has 0 aliphatic rings. The van der Waals surface area contributed by atoms with E-state index in [-0.39, 0.29) is 18.1 Å². The lowest BCUT2D eigenvalue weighted by atomic mass is 10.2. The third kappa shape index (κ3) is 6.59. The van der Waals surface area contributed by atoms with Gasteiger partial charge in [-0.05, 0) is 30.7 Å². The van der Waals surface area contributed by atoms with Gasteiger partial charge in [0.1, 0.15) is 12.4 Å². The molecule has 1 aromatic carbocycles. The average Bonchev–Trinajstić information content (AvgIpc) is 2.41. The van der Waals surface area contributed by atoms with Gasteiger partial charge < -0.3 is 10.1 Å². The molecule has 0 saturated carbocycles. The zero-order chi connectivity index (χ0) is 14.1. The van der Waals surface area contributed by atoms with E-state index in [1.807, 2.05) is 24.3 Å². The highest BCUT2D eigenvalue weighted by atomic mass is 32.2. The molecule has 108 valence electrons. The Morgan fingerprint density at radius 1 is 1.16 bits per heavy atom. The second-order valence-corrected chi connectivity index (χ2v) is 6.88. The van der Waals surface area contributed by atoms with Crippen molar-refractivity contribution in [2.45, 2.75) is 26.8 Å². The number of nitrogens with one attached hydrogen (secondary N) is 1. The van der Waals surface area contributed by atoms with Crippen molar-refractivity contribution in [3.63, 3.8) is 0 Å². The van der Waals surface area contributed by atoms with Crippen LogP contribution in [0.25, 0.3) is 0 Å². The Morgan fingerprint density at radius 3 is 2.42 bits per heavy atom. The van der Waals surface area contributed by atoms with Gasteiger partial charge >= 0.3 is 0 Å². The van der Waals surface area contributed by atoms with Crippen molar-refractivity contribution in [1.29, 1.82) is 0 Å². The molecule has 0 atom stereocenters. The van der Waals surface area contributed by atoms with Crippen molar-refractivity contribution in [2.24, 2.45) is 0 Å². The summed E-state index contributed by atoms with van der Waals surface area (Å²) in [6.07, 6.45) is 1.12. The molecule has 0 radical (unpaired) electrons. The number of rotatable bonds is 9. The maximum atomic E-state index is 11.3. The van der Waals surface area contributed by atoms with E-state index in [1.165, 1.54) is 5.56 Å². The second kappa shape index (κ2) is 8.17. The molecule has 1 N–H and O–H groups in total. The molecule has 0 aliphatic heterocycles. The molecule has 0 spiro atoms. The van der Waals surface area contributed by atoms with Crippen LogP contribution in [0.4, 0.5) is 0 Å². The fraction of sp³-hybridized carbons (Fsp3) is 0.571. The quantitative estimate of drug-likeness (QED) is 0.705. The molecule has 0 unspecified atom stereocenters. The molecule has 5 heteroatoms. The molecule has 0 fully saturated rings. The standard InChI is InChI=1S/C14H23NO3S/c1-3-9-15-12-13-5-7-14(8-6-13)18-10-11-19(16,17)4-2/h5-8,15H,3-4,9-12H2,1-2H3. The molecule has 0 saturated heterocycles. The lowest BCUT2D eigenvalue weighted by molar-refractivity contribution is 0.341. The van der Waals surface area contributed by atoms with E-state index >= 15 is 0 Å².